The first-order valence-corrected chi connectivity index (χ1v) is 9.60. The molecule has 0 aliphatic carbocycles. The van der Waals surface area contributed by atoms with E-state index < -0.39 is 0 Å². The molecule has 2 aromatic rings. The fraction of sp³-hybridized carbons (Fsp3) is 0.455. The molecule has 6 heteroatoms. The summed E-state index contributed by atoms with van der Waals surface area (Å²) in [6.45, 7) is 8.53. The zero-order chi connectivity index (χ0) is 20.5. The molecule has 2 rings (SSSR count). The van der Waals surface area contributed by atoms with Crippen LogP contribution in [0.15, 0.2) is 35.6 Å². The van der Waals surface area contributed by atoms with Crippen molar-refractivity contribution in [1.29, 1.82) is 0 Å². The van der Waals surface area contributed by atoms with Gasteiger partial charge in [0.1, 0.15) is 0 Å². The monoisotopic (exact) mass is 384 g/mol. The van der Waals surface area contributed by atoms with Crippen LogP contribution >= 0.6 is 0 Å². The molecule has 0 unspecified atom stereocenters. The lowest BCUT2D eigenvalue weighted by atomic mass is 10.1. The lowest BCUT2D eigenvalue weighted by molar-refractivity contribution is 0.353. The number of guanidine groups is 1. The van der Waals surface area contributed by atoms with E-state index >= 15 is 0 Å². The van der Waals surface area contributed by atoms with Gasteiger partial charge in [-0.2, -0.15) is 0 Å². The molecule has 0 aliphatic rings. The summed E-state index contributed by atoms with van der Waals surface area (Å²) in [5.74, 6) is 2.38. The zero-order valence-corrected chi connectivity index (χ0v) is 17.9. The van der Waals surface area contributed by atoms with Crippen molar-refractivity contribution in [1.82, 2.24) is 15.2 Å². The second kappa shape index (κ2) is 10.5. The molecule has 152 valence electrons. The summed E-state index contributed by atoms with van der Waals surface area (Å²) in [4.78, 5) is 11.1. The van der Waals surface area contributed by atoms with E-state index in [9.17, 15) is 0 Å². The van der Waals surface area contributed by atoms with Gasteiger partial charge in [-0.25, -0.2) is 0 Å². The van der Waals surface area contributed by atoms with Crippen LogP contribution in [0.4, 0.5) is 0 Å². The molecule has 28 heavy (non-hydrogen) atoms. The average Bonchev–Trinajstić information content (AvgIpc) is 2.69. The van der Waals surface area contributed by atoms with Crippen molar-refractivity contribution in [2.24, 2.45) is 4.99 Å². The number of aryl methyl sites for hydroxylation is 2. The normalized spacial score (nSPS) is 11.3. The number of nitrogens with zero attached hydrogens (tertiary/aromatic N) is 3. The van der Waals surface area contributed by atoms with E-state index in [1.807, 2.05) is 24.5 Å². The van der Waals surface area contributed by atoms with Crippen LogP contribution in [-0.4, -0.2) is 50.2 Å². The van der Waals surface area contributed by atoms with Crippen molar-refractivity contribution in [2.75, 3.05) is 34.4 Å². The average molecular weight is 385 g/mol. The van der Waals surface area contributed by atoms with Crippen LogP contribution in [0.25, 0.3) is 0 Å². The summed E-state index contributed by atoms with van der Waals surface area (Å²) in [6.07, 6.45) is 4.63. The van der Waals surface area contributed by atoms with Crippen LogP contribution in [0.1, 0.15) is 29.2 Å². The number of pyridine rings is 1. The number of ether oxygens (including phenoxy) is 2. The first-order valence-electron chi connectivity index (χ1n) is 9.60. The number of hydrogen-bond acceptors (Lipinski definition) is 4. The van der Waals surface area contributed by atoms with Crippen LogP contribution in [0.3, 0.4) is 0 Å². The topological polar surface area (TPSA) is 59.0 Å². The number of aromatic nitrogens is 1. The molecular weight excluding hydrogens is 352 g/mol. The molecular formula is C22H32N4O2. The molecule has 1 N–H and O–H groups in total. The largest absolute Gasteiger partial charge is 0.493 e. The van der Waals surface area contributed by atoms with E-state index in [1.165, 1.54) is 16.7 Å². The third kappa shape index (κ3) is 5.62. The van der Waals surface area contributed by atoms with Crippen molar-refractivity contribution >= 4 is 5.96 Å². The summed E-state index contributed by atoms with van der Waals surface area (Å²) in [5, 5.41) is 3.38. The van der Waals surface area contributed by atoms with E-state index in [0.29, 0.717) is 0 Å². The Kier molecular flexibility index (Phi) is 8.11. The summed E-state index contributed by atoms with van der Waals surface area (Å²) in [6, 6.07) is 6.11. The number of nitrogens with one attached hydrogen (secondary N) is 1. The van der Waals surface area contributed by atoms with Gasteiger partial charge in [0, 0.05) is 39.1 Å². The number of rotatable bonds is 8. The smallest absolute Gasteiger partial charge is 0.193 e. The van der Waals surface area contributed by atoms with Crippen molar-refractivity contribution in [3.63, 3.8) is 0 Å². The fourth-order valence-corrected chi connectivity index (χ4v) is 3.06. The highest BCUT2D eigenvalue weighted by Gasteiger charge is 2.12. The maximum atomic E-state index is 5.45. The van der Waals surface area contributed by atoms with E-state index in [1.54, 1.807) is 14.2 Å². The molecule has 1 heterocycles. The minimum Gasteiger partial charge on any atom is -0.493 e. The van der Waals surface area contributed by atoms with Gasteiger partial charge in [-0.05, 0) is 67.6 Å². The van der Waals surface area contributed by atoms with Crippen LogP contribution in [0.5, 0.6) is 11.5 Å². The van der Waals surface area contributed by atoms with Gasteiger partial charge in [-0.15, -0.1) is 0 Å². The van der Waals surface area contributed by atoms with Gasteiger partial charge in [0.2, 0.25) is 0 Å². The Morgan fingerprint density at radius 1 is 1.11 bits per heavy atom. The minimum absolute atomic E-state index is 0.725. The third-order valence-electron chi connectivity index (χ3n) is 4.73. The molecule has 0 atom stereocenters. The van der Waals surface area contributed by atoms with Crippen molar-refractivity contribution in [3.8, 4) is 11.5 Å². The molecule has 0 fully saturated rings. The Hall–Kier alpha value is -2.76. The molecule has 0 radical (unpaired) electrons. The van der Waals surface area contributed by atoms with E-state index in [4.69, 9.17) is 14.5 Å². The summed E-state index contributed by atoms with van der Waals surface area (Å²) >= 11 is 0. The van der Waals surface area contributed by atoms with Crippen LogP contribution in [-0.2, 0) is 13.0 Å². The Bertz CT molecular complexity index is 805. The molecule has 6 nitrogen and oxygen atoms in total. The second-order valence-corrected chi connectivity index (χ2v) is 6.78. The SMILES string of the molecule is CCNC(=NCCc1ccncc1C)N(C)Cc1cc(OC)c(OC)cc1C. The Morgan fingerprint density at radius 3 is 2.46 bits per heavy atom. The molecule has 1 aromatic carbocycles. The molecule has 0 bridgehead atoms. The van der Waals surface area contributed by atoms with Crippen molar-refractivity contribution < 1.29 is 9.47 Å². The molecule has 0 saturated heterocycles. The van der Waals surface area contributed by atoms with Crippen molar-refractivity contribution in [2.45, 2.75) is 33.7 Å². The summed E-state index contributed by atoms with van der Waals surface area (Å²) in [5.41, 5.74) is 4.83. The lowest BCUT2D eigenvalue weighted by Crippen LogP contribution is -2.38. The Labute approximate surface area is 168 Å². The van der Waals surface area contributed by atoms with Gasteiger partial charge in [0.15, 0.2) is 17.5 Å². The maximum Gasteiger partial charge on any atom is 0.193 e. The predicted octanol–water partition coefficient (Wildman–Crippen LogP) is 3.36. The van der Waals surface area contributed by atoms with Gasteiger partial charge in [-0.3, -0.25) is 9.98 Å². The molecule has 0 amide bonds. The van der Waals surface area contributed by atoms with Gasteiger partial charge in [0.25, 0.3) is 0 Å². The number of hydrogen-bond donors (Lipinski definition) is 1. The van der Waals surface area contributed by atoms with Gasteiger partial charge in [-0.1, -0.05) is 0 Å². The highest BCUT2D eigenvalue weighted by Crippen LogP contribution is 2.30. The Balaban J connectivity index is 2.12. The minimum atomic E-state index is 0.725. The molecule has 0 aliphatic heterocycles. The van der Waals surface area contributed by atoms with Gasteiger partial charge in [0.05, 0.1) is 14.2 Å². The molecule has 0 spiro atoms. The number of aliphatic imine (C=N–C) groups is 1. The number of benzene rings is 1. The highest BCUT2D eigenvalue weighted by atomic mass is 16.5. The predicted molar refractivity (Wildman–Crippen MR) is 114 cm³/mol. The van der Waals surface area contributed by atoms with Crippen LogP contribution in [0, 0.1) is 13.8 Å². The van der Waals surface area contributed by atoms with Gasteiger partial charge >= 0.3 is 0 Å². The summed E-state index contributed by atoms with van der Waals surface area (Å²) < 4.78 is 10.8. The summed E-state index contributed by atoms with van der Waals surface area (Å²) in [7, 11) is 5.37. The highest BCUT2D eigenvalue weighted by molar-refractivity contribution is 5.79. The van der Waals surface area contributed by atoms with E-state index in [2.05, 4.69) is 49.1 Å². The maximum absolute atomic E-state index is 5.45. The lowest BCUT2D eigenvalue weighted by Gasteiger charge is -2.23. The molecule has 0 saturated carbocycles. The zero-order valence-electron chi connectivity index (χ0n) is 17.9. The van der Waals surface area contributed by atoms with E-state index in [-0.39, 0.29) is 0 Å². The van der Waals surface area contributed by atoms with Crippen molar-refractivity contribution in [3.05, 3.63) is 52.8 Å². The Morgan fingerprint density at radius 2 is 1.82 bits per heavy atom. The second-order valence-electron chi connectivity index (χ2n) is 6.78. The van der Waals surface area contributed by atoms with Crippen LogP contribution in [0.2, 0.25) is 0 Å². The number of methoxy groups -OCH3 is 2. The quantitative estimate of drug-likeness (QED) is 0.559. The molecule has 1 aromatic heterocycles. The standard InChI is InChI=1S/C22H32N4O2/c1-7-24-22(25-11-9-18-8-10-23-14-17(18)3)26(4)15-19-13-21(28-6)20(27-5)12-16(19)2/h8,10,12-14H,7,9,11,15H2,1-6H3,(H,24,25). The van der Waals surface area contributed by atoms with Crippen LogP contribution < -0.4 is 14.8 Å². The first-order chi connectivity index (χ1) is 13.5. The van der Waals surface area contributed by atoms with E-state index in [0.717, 1.165) is 49.1 Å². The van der Waals surface area contributed by atoms with Gasteiger partial charge < -0.3 is 19.7 Å². The first kappa shape index (κ1) is 21.5. The third-order valence-corrected chi connectivity index (χ3v) is 4.73. The fourth-order valence-electron chi connectivity index (χ4n) is 3.06.